The molecular formula is C19H23FN2O3. The van der Waals surface area contributed by atoms with Crippen LogP contribution in [0.25, 0.3) is 0 Å². The monoisotopic (exact) mass is 346 g/mol. The van der Waals surface area contributed by atoms with Crippen LogP contribution in [0.1, 0.15) is 23.7 Å². The summed E-state index contributed by atoms with van der Waals surface area (Å²) in [5.74, 6) is -0.848. The number of nitrogens with zero attached hydrogens (tertiary/aromatic N) is 1. The summed E-state index contributed by atoms with van der Waals surface area (Å²) < 4.78 is 14.5. The summed E-state index contributed by atoms with van der Waals surface area (Å²) in [6.07, 6.45) is 0.526. The molecule has 2 rings (SSSR count). The molecule has 0 aliphatic heterocycles. The fourth-order valence-corrected chi connectivity index (χ4v) is 2.65. The highest BCUT2D eigenvalue weighted by atomic mass is 19.1. The Balaban J connectivity index is 1.98. The molecule has 1 amide bonds. The highest BCUT2D eigenvalue weighted by Crippen LogP contribution is 2.11. The van der Waals surface area contributed by atoms with Crippen molar-refractivity contribution in [2.24, 2.45) is 0 Å². The van der Waals surface area contributed by atoms with Crippen molar-refractivity contribution in [3.05, 3.63) is 69.4 Å². The van der Waals surface area contributed by atoms with Crippen molar-refractivity contribution >= 4 is 5.91 Å². The molecule has 2 aromatic rings. The zero-order chi connectivity index (χ0) is 18.6. The van der Waals surface area contributed by atoms with E-state index in [1.54, 1.807) is 32.0 Å². The summed E-state index contributed by atoms with van der Waals surface area (Å²) in [6, 6.07) is 9.27. The molecule has 0 radical (unpaired) electrons. The lowest BCUT2D eigenvalue weighted by molar-refractivity contribution is -0.139. The molecule has 0 saturated heterocycles. The molecule has 0 bridgehead atoms. The second kappa shape index (κ2) is 7.61. The molecule has 0 spiro atoms. The Morgan fingerprint density at radius 1 is 1.28 bits per heavy atom. The van der Waals surface area contributed by atoms with Gasteiger partial charge in [-0.05, 0) is 56.5 Å². The number of carbonyl (C=O) groups is 1. The van der Waals surface area contributed by atoms with E-state index in [2.05, 4.69) is 5.32 Å². The van der Waals surface area contributed by atoms with Crippen LogP contribution in [0.15, 0.2) is 41.2 Å². The topological polar surface area (TPSA) is 71.3 Å². The molecule has 5 nitrogen and oxygen atoms in total. The molecule has 1 aromatic heterocycles. The van der Waals surface area contributed by atoms with Crippen molar-refractivity contribution in [2.45, 2.75) is 39.3 Å². The third-order valence-corrected chi connectivity index (χ3v) is 4.21. The number of aromatic nitrogens is 1. The van der Waals surface area contributed by atoms with Gasteiger partial charge >= 0.3 is 0 Å². The van der Waals surface area contributed by atoms with Crippen LogP contribution in [0.3, 0.4) is 0 Å². The molecule has 0 saturated carbocycles. The van der Waals surface area contributed by atoms with Crippen molar-refractivity contribution in [1.82, 2.24) is 9.88 Å². The Morgan fingerprint density at radius 3 is 2.64 bits per heavy atom. The summed E-state index contributed by atoms with van der Waals surface area (Å²) >= 11 is 0. The predicted molar refractivity (Wildman–Crippen MR) is 93.9 cm³/mol. The van der Waals surface area contributed by atoms with E-state index < -0.39 is 11.5 Å². The predicted octanol–water partition coefficient (Wildman–Crippen LogP) is 1.71. The first-order valence-corrected chi connectivity index (χ1v) is 8.13. The number of aryl methyl sites for hydroxylation is 2. The maximum absolute atomic E-state index is 13.1. The van der Waals surface area contributed by atoms with Gasteiger partial charge in [0.05, 0.1) is 6.54 Å². The SMILES string of the molecule is Cc1cc(F)ccc1CCNC(=O)[C@](C)(O)Cn1c(C)cccc1=O. The Bertz CT molecular complexity index is 828. The molecule has 0 unspecified atom stereocenters. The summed E-state index contributed by atoms with van der Waals surface area (Å²) in [5, 5.41) is 13.1. The number of rotatable bonds is 6. The minimum absolute atomic E-state index is 0.125. The number of hydrogen-bond donors (Lipinski definition) is 2. The van der Waals surface area contributed by atoms with Crippen LogP contribution in [0.4, 0.5) is 4.39 Å². The van der Waals surface area contributed by atoms with Crippen molar-refractivity contribution < 1.29 is 14.3 Å². The van der Waals surface area contributed by atoms with Gasteiger partial charge in [-0.2, -0.15) is 0 Å². The van der Waals surface area contributed by atoms with Crippen LogP contribution in [0, 0.1) is 19.7 Å². The van der Waals surface area contributed by atoms with Gasteiger partial charge in [-0.25, -0.2) is 4.39 Å². The second-order valence-corrected chi connectivity index (χ2v) is 6.44. The van der Waals surface area contributed by atoms with E-state index in [0.29, 0.717) is 18.7 Å². The summed E-state index contributed by atoms with van der Waals surface area (Å²) in [4.78, 5) is 24.2. The lowest BCUT2D eigenvalue weighted by atomic mass is 10.0. The van der Waals surface area contributed by atoms with E-state index in [-0.39, 0.29) is 17.9 Å². The van der Waals surface area contributed by atoms with Gasteiger partial charge in [0.25, 0.3) is 11.5 Å². The van der Waals surface area contributed by atoms with E-state index >= 15 is 0 Å². The quantitative estimate of drug-likeness (QED) is 0.837. The maximum Gasteiger partial charge on any atom is 0.253 e. The molecule has 1 atom stereocenters. The highest BCUT2D eigenvalue weighted by molar-refractivity contribution is 5.84. The molecule has 2 N–H and O–H groups in total. The Morgan fingerprint density at radius 2 is 2.00 bits per heavy atom. The van der Waals surface area contributed by atoms with Gasteiger partial charge in [0.15, 0.2) is 5.60 Å². The molecule has 1 aromatic carbocycles. The smallest absolute Gasteiger partial charge is 0.253 e. The van der Waals surface area contributed by atoms with Crippen molar-refractivity contribution in [3.8, 4) is 0 Å². The number of pyridine rings is 1. The average Bonchev–Trinajstić information content (AvgIpc) is 2.53. The number of nitrogens with one attached hydrogen (secondary N) is 1. The maximum atomic E-state index is 13.1. The van der Waals surface area contributed by atoms with Crippen LogP contribution >= 0.6 is 0 Å². The Kier molecular flexibility index (Phi) is 5.74. The molecular weight excluding hydrogens is 323 g/mol. The molecule has 6 heteroatoms. The van der Waals surface area contributed by atoms with Gasteiger partial charge in [0, 0.05) is 18.3 Å². The number of halogens is 1. The minimum Gasteiger partial charge on any atom is -0.378 e. The zero-order valence-corrected chi connectivity index (χ0v) is 14.7. The first kappa shape index (κ1) is 18.9. The van der Waals surface area contributed by atoms with Crippen molar-refractivity contribution in [1.29, 1.82) is 0 Å². The first-order valence-electron chi connectivity index (χ1n) is 8.13. The third kappa shape index (κ3) is 4.76. The number of amides is 1. The molecule has 0 aliphatic carbocycles. The van der Waals surface area contributed by atoms with E-state index in [1.807, 2.05) is 0 Å². The van der Waals surface area contributed by atoms with Crippen LogP contribution in [0.2, 0.25) is 0 Å². The number of benzene rings is 1. The minimum atomic E-state index is -1.71. The van der Waals surface area contributed by atoms with Gasteiger partial charge in [-0.15, -0.1) is 0 Å². The number of carbonyl (C=O) groups excluding carboxylic acids is 1. The van der Waals surface area contributed by atoms with E-state index in [9.17, 15) is 19.1 Å². The lowest BCUT2D eigenvalue weighted by Crippen LogP contribution is -2.49. The highest BCUT2D eigenvalue weighted by Gasteiger charge is 2.31. The summed E-state index contributed by atoms with van der Waals surface area (Å²) in [5.41, 5.74) is 0.426. The lowest BCUT2D eigenvalue weighted by Gasteiger charge is -2.24. The largest absolute Gasteiger partial charge is 0.378 e. The summed E-state index contributed by atoms with van der Waals surface area (Å²) in [7, 11) is 0. The molecule has 0 fully saturated rings. The van der Waals surface area contributed by atoms with E-state index in [1.165, 1.54) is 29.7 Å². The van der Waals surface area contributed by atoms with Crippen LogP contribution in [-0.2, 0) is 17.8 Å². The van der Waals surface area contributed by atoms with Gasteiger partial charge in [0.2, 0.25) is 0 Å². The van der Waals surface area contributed by atoms with Crippen LogP contribution in [0.5, 0.6) is 0 Å². The molecule has 0 aliphatic rings. The van der Waals surface area contributed by atoms with E-state index in [4.69, 9.17) is 0 Å². The second-order valence-electron chi connectivity index (χ2n) is 6.44. The van der Waals surface area contributed by atoms with Crippen LogP contribution in [-0.4, -0.2) is 27.7 Å². The van der Waals surface area contributed by atoms with Crippen molar-refractivity contribution in [3.63, 3.8) is 0 Å². The number of hydrogen-bond acceptors (Lipinski definition) is 3. The fourth-order valence-electron chi connectivity index (χ4n) is 2.65. The van der Waals surface area contributed by atoms with Gasteiger partial charge in [-0.3, -0.25) is 9.59 Å². The number of aliphatic hydroxyl groups is 1. The summed E-state index contributed by atoms with van der Waals surface area (Å²) in [6.45, 7) is 5.11. The first-order chi connectivity index (χ1) is 11.7. The molecule has 134 valence electrons. The van der Waals surface area contributed by atoms with Gasteiger partial charge < -0.3 is 15.0 Å². The normalized spacial score (nSPS) is 13.3. The van der Waals surface area contributed by atoms with Gasteiger partial charge in [-0.1, -0.05) is 12.1 Å². The van der Waals surface area contributed by atoms with E-state index in [0.717, 1.165) is 11.1 Å². The fraction of sp³-hybridized carbons (Fsp3) is 0.368. The Hall–Kier alpha value is -2.47. The molecule has 25 heavy (non-hydrogen) atoms. The zero-order valence-electron chi connectivity index (χ0n) is 14.7. The Labute approximate surface area is 146 Å². The molecule has 1 heterocycles. The van der Waals surface area contributed by atoms with Gasteiger partial charge in [0.1, 0.15) is 5.82 Å². The van der Waals surface area contributed by atoms with Crippen LogP contribution < -0.4 is 10.9 Å². The van der Waals surface area contributed by atoms with Crippen molar-refractivity contribution in [2.75, 3.05) is 6.54 Å². The third-order valence-electron chi connectivity index (χ3n) is 4.21. The standard InChI is InChI=1S/C19H23FN2O3/c1-13-11-16(20)8-7-15(13)9-10-21-18(24)19(3,25)12-22-14(2)5-4-6-17(22)23/h4-8,11,25H,9-10,12H2,1-3H3,(H,21,24)/t19-/m1/s1. The average molecular weight is 346 g/mol.